The van der Waals surface area contributed by atoms with E-state index in [-0.39, 0.29) is 16.9 Å². The van der Waals surface area contributed by atoms with E-state index < -0.39 is 10.0 Å². The molecule has 5 rings (SSSR count). The molecule has 1 aromatic heterocycles. The lowest BCUT2D eigenvalue weighted by Crippen LogP contribution is -2.42. The van der Waals surface area contributed by atoms with Gasteiger partial charge < -0.3 is 9.47 Å². The molecule has 2 aliphatic heterocycles. The molecule has 0 saturated carbocycles. The van der Waals surface area contributed by atoms with Crippen molar-refractivity contribution < 1.29 is 22.7 Å². The van der Waals surface area contributed by atoms with Gasteiger partial charge in [-0.3, -0.25) is 9.69 Å². The molecule has 3 aromatic rings. The summed E-state index contributed by atoms with van der Waals surface area (Å²) in [5, 5.41) is 0.563. The van der Waals surface area contributed by atoms with Crippen LogP contribution >= 0.6 is 11.3 Å². The summed E-state index contributed by atoms with van der Waals surface area (Å²) >= 11 is 1.42. The van der Waals surface area contributed by atoms with Crippen LogP contribution in [0.15, 0.2) is 47.4 Å². The maximum atomic E-state index is 13.8. The summed E-state index contributed by atoms with van der Waals surface area (Å²) in [6, 6.07) is 12.0. The van der Waals surface area contributed by atoms with Gasteiger partial charge in [-0.05, 0) is 67.5 Å². The van der Waals surface area contributed by atoms with Gasteiger partial charge in [0, 0.05) is 25.3 Å². The van der Waals surface area contributed by atoms with Gasteiger partial charge in [0.2, 0.25) is 10.0 Å². The van der Waals surface area contributed by atoms with Crippen LogP contribution in [-0.2, 0) is 14.8 Å². The number of para-hydroxylation sites is 1. The molecule has 2 fully saturated rings. The Labute approximate surface area is 222 Å². The van der Waals surface area contributed by atoms with E-state index in [0.717, 1.165) is 24.0 Å². The van der Waals surface area contributed by atoms with Crippen LogP contribution in [0, 0.1) is 11.8 Å². The number of carbonyl (C=O) groups is 1. The minimum Gasteiger partial charge on any atom is -0.494 e. The second-order valence-corrected chi connectivity index (χ2v) is 13.1. The third-order valence-corrected chi connectivity index (χ3v) is 9.94. The summed E-state index contributed by atoms with van der Waals surface area (Å²) in [5.41, 5.74) is 1.12. The predicted octanol–water partition coefficient (Wildman–Crippen LogP) is 4.80. The van der Waals surface area contributed by atoms with E-state index in [1.807, 2.05) is 18.2 Å². The normalized spacial score (nSPS) is 22.8. The fourth-order valence-electron chi connectivity index (χ4n) is 5.31. The van der Waals surface area contributed by atoms with Crippen molar-refractivity contribution in [1.82, 2.24) is 9.29 Å². The minimum atomic E-state index is -3.62. The molecule has 37 heavy (non-hydrogen) atoms. The van der Waals surface area contributed by atoms with Crippen molar-refractivity contribution in [3.05, 3.63) is 48.0 Å². The number of rotatable bonds is 7. The Hall–Kier alpha value is -2.53. The summed E-state index contributed by atoms with van der Waals surface area (Å²) < 4.78 is 40.4. The maximum absolute atomic E-state index is 13.8. The molecule has 2 aromatic carbocycles. The van der Waals surface area contributed by atoms with Gasteiger partial charge in [0.15, 0.2) is 5.13 Å². The molecule has 0 radical (unpaired) electrons. The summed E-state index contributed by atoms with van der Waals surface area (Å²) in [6.45, 7) is 6.26. The van der Waals surface area contributed by atoms with Crippen LogP contribution in [0.25, 0.3) is 10.2 Å². The van der Waals surface area contributed by atoms with Crippen molar-refractivity contribution in [3.8, 4) is 5.75 Å². The standard InChI is InChI=1S/C27H33N3O5S2/c1-18-14-19(2)16-29(15-18)37(32,33)22-11-9-20(10-12-22)26(31)30(17-21-6-5-13-35-21)27-28-25-23(34-3)7-4-8-24(25)36-27/h4,7-12,18-19,21H,5-6,13-17H2,1-3H3. The van der Waals surface area contributed by atoms with Gasteiger partial charge in [-0.15, -0.1) is 0 Å². The monoisotopic (exact) mass is 543 g/mol. The van der Waals surface area contributed by atoms with E-state index >= 15 is 0 Å². The Morgan fingerprint density at radius 1 is 1.16 bits per heavy atom. The number of hydrogen-bond donors (Lipinski definition) is 0. The van der Waals surface area contributed by atoms with Crippen LogP contribution < -0.4 is 9.64 Å². The molecule has 8 nitrogen and oxygen atoms in total. The van der Waals surface area contributed by atoms with E-state index in [1.165, 1.54) is 23.5 Å². The highest BCUT2D eigenvalue weighted by molar-refractivity contribution is 7.89. The Morgan fingerprint density at radius 2 is 1.89 bits per heavy atom. The zero-order valence-corrected chi connectivity index (χ0v) is 23.1. The smallest absolute Gasteiger partial charge is 0.260 e. The summed E-state index contributed by atoms with van der Waals surface area (Å²) in [4.78, 5) is 20.4. The SMILES string of the molecule is COc1cccc2sc(N(CC3CCCO3)C(=O)c3ccc(S(=O)(=O)N4CC(C)CC(C)C4)cc3)nc12. The third-order valence-electron chi connectivity index (χ3n) is 7.05. The number of amides is 1. The van der Waals surface area contributed by atoms with E-state index in [9.17, 15) is 13.2 Å². The Kier molecular flexibility index (Phi) is 7.53. The number of sulfonamides is 1. The number of anilines is 1. The number of nitrogens with zero attached hydrogens (tertiary/aromatic N) is 3. The number of carbonyl (C=O) groups excluding carboxylic acids is 1. The van der Waals surface area contributed by atoms with Crippen LogP contribution in [0.1, 0.15) is 43.5 Å². The first kappa shape index (κ1) is 26.1. The number of piperidine rings is 1. The predicted molar refractivity (Wildman–Crippen MR) is 145 cm³/mol. The van der Waals surface area contributed by atoms with Crippen molar-refractivity contribution in [2.45, 2.75) is 44.1 Å². The zero-order chi connectivity index (χ0) is 26.2. The summed E-state index contributed by atoms with van der Waals surface area (Å²) in [6.07, 6.45) is 2.79. The number of thiazole rings is 1. The minimum absolute atomic E-state index is 0.0689. The highest BCUT2D eigenvalue weighted by Crippen LogP contribution is 2.35. The molecule has 0 aliphatic carbocycles. The molecule has 2 aliphatic rings. The lowest BCUT2D eigenvalue weighted by molar-refractivity contribution is 0.0917. The topological polar surface area (TPSA) is 89.0 Å². The van der Waals surface area contributed by atoms with Crippen molar-refractivity contribution in [2.75, 3.05) is 38.3 Å². The number of methoxy groups -OCH3 is 1. The van der Waals surface area contributed by atoms with Gasteiger partial charge in [-0.2, -0.15) is 4.31 Å². The van der Waals surface area contributed by atoms with E-state index in [4.69, 9.17) is 14.5 Å². The van der Waals surface area contributed by atoms with E-state index in [1.54, 1.807) is 28.4 Å². The molecule has 198 valence electrons. The van der Waals surface area contributed by atoms with Crippen LogP contribution in [0.3, 0.4) is 0 Å². The van der Waals surface area contributed by atoms with Gasteiger partial charge in [0.05, 0.1) is 29.4 Å². The zero-order valence-electron chi connectivity index (χ0n) is 21.4. The van der Waals surface area contributed by atoms with Gasteiger partial charge in [-0.1, -0.05) is 31.3 Å². The molecule has 0 bridgehead atoms. The molecular weight excluding hydrogens is 510 g/mol. The van der Waals surface area contributed by atoms with Crippen LogP contribution in [0.4, 0.5) is 5.13 Å². The lowest BCUT2D eigenvalue weighted by Gasteiger charge is -2.34. The Morgan fingerprint density at radius 3 is 2.54 bits per heavy atom. The van der Waals surface area contributed by atoms with E-state index in [0.29, 0.717) is 60.0 Å². The number of ether oxygens (including phenoxy) is 2. The van der Waals surface area contributed by atoms with Crippen LogP contribution in [0.2, 0.25) is 0 Å². The van der Waals surface area contributed by atoms with Gasteiger partial charge in [0.25, 0.3) is 5.91 Å². The van der Waals surface area contributed by atoms with Crippen molar-refractivity contribution in [3.63, 3.8) is 0 Å². The largest absolute Gasteiger partial charge is 0.494 e. The number of fused-ring (bicyclic) bond motifs is 1. The van der Waals surface area contributed by atoms with Gasteiger partial charge in [0.1, 0.15) is 11.3 Å². The number of hydrogen-bond acceptors (Lipinski definition) is 7. The van der Waals surface area contributed by atoms with Crippen LogP contribution in [-0.4, -0.2) is 63.1 Å². The quantitative estimate of drug-likeness (QED) is 0.426. The Balaban J connectivity index is 1.43. The van der Waals surface area contributed by atoms with Gasteiger partial charge >= 0.3 is 0 Å². The number of aromatic nitrogens is 1. The third kappa shape index (κ3) is 5.38. The van der Waals surface area contributed by atoms with Crippen molar-refractivity contribution in [1.29, 1.82) is 0 Å². The molecule has 3 heterocycles. The fraction of sp³-hybridized carbons (Fsp3) is 0.481. The molecule has 0 N–H and O–H groups in total. The van der Waals surface area contributed by atoms with E-state index in [2.05, 4.69) is 13.8 Å². The molecular formula is C27H33N3O5S2. The summed E-state index contributed by atoms with van der Waals surface area (Å²) in [7, 11) is -2.02. The second-order valence-electron chi connectivity index (χ2n) is 10.1. The first-order chi connectivity index (χ1) is 17.8. The first-order valence-corrected chi connectivity index (χ1v) is 15.0. The average molecular weight is 544 g/mol. The number of benzene rings is 2. The summed E-state index contributed by atoms with van der Waals surface area (Å²) in [5.74, 6) is 1.05. The highest BCUT2D eigenvalue weighted by atomic mass is 32.2. The lowest BCUT2D eigenvalue weighted by atomic mass is 9.94. The van der Waals surface area contributed by atoms with Crippen LogP contribution in [0.5, 0.6) is 5.75 Å². The van der Waals surface area contributed by atoms with Crippen molar-refractivity contribution >= 4 is 42.6 Å². The molecule has 1 amide bonds. The first-order valence-electron chi connectivity index (χ1n) is 12.7. The molecule has 0 spiro atoms. The molecule has 3 atom stereocenters. The van der Waals surface area contributed by atoms with Gasteiger partial charge in [-0.25, -0.2) is 13.4 Å². The fourth-order valence-corrected chi connectivity index (χ4v) is 7.98. The average Bonchev–Trinajstić information content (AvgIpc) is 3.56. The molecule has 10 heteroatoms. The molecule has 2 saturated heterocycles. The maximum Gasteiger partial charge on any atom is 0.260 e. The van der Waals surface area contributed by atoms with Crippen molar-refractivity contribution in [2.24, 2.45) is 11.8 Å². The molecule has 3 unspecified atom stereocenters. The second kappa shape index (κ2) is 10.7. The highest BCUT2D eigenvalue weighted by Gasteiger charge is 2.32. The Bertz CT molecular complexity index is 1360.